The maximum atomic E-state index is 5.97. The van der Waals surface area contributed by atoms with Crippen LogP contribution in [0.3, 0.4) is 0 Å². The van der Waals surface area contributed by atoms with Gasteiger partial charge in [-0.05, 0) is 32.1 Å². The van der Waals surface area contributed by atoms with Crippen LogP contribution in [0.5, 0.6) is 0 Å². The van der Waals surface area contributed by atoms with Crippen molar-refractivity contribution in [3.05, 3.63) is 10.5 Å². The van der Waals surface area contributed by atoms with E-state index in [1.165, 1.54) is 25.7 Å². The maximum Gasteiger partial charge on any atom is 0.186 e. The first kappa shape index (κ1) is 12.7. The molecule has 0 amide bonds. The molecule has 2 fully saturated rings. The van der Waals surface area contributed by atoms with E-state index >= 15 is 0 Å². The summed E-state index contributed by atoms with van der Waals surface area (Å²) >= 11 is 7.65. The molecule has 2 unspecified atom stereocenters. The minimum Gasteiger partial charge on any atom is -0.345 e. The van der Waals surface area contributed by atoms with Crippen LogP contribution < -0.4 is 10.2 Å². The third-order valence-corrected chi connectivity index (χ3v) is 5.26. The van der Waals surface area contributed by atoms with E-state index in [0.29, 0.717) is 11.2 Å². The van der Waals surface area contributed by atoms with Gasteiger partial charge in [-0.25, -0.2) is 4.98 Å². The van der Waals surface area contributed by atoms with E-state index < -0.39 is 0 Å². The van der Waals surface area contributed by atoms with Crippen LogP contribution in [0.4, 0.5) is 5.13 Å². The number of thiazole rings is 1. The van der Waals surface area contributed by atoms with Gasteiger partial charge in [-0.15, -0.1) is 11.3 Å². The Kier molecular flexibility index (Phi) is 3.78. The van der Waals surface area contributed by atoms with Crippen LogP contribution in [0.1, 0.15) is 39.0 Å². The summed E-state index contributed by atoms with van der Waals surface area (Å²) in [4.78, 5) is 6.95. The lowest BCUT2D eigenvalue weighted by Gasteiger charge is -2.37. The van der Waals surface area contributed by atoms with Crippen LogP contribution in [0, 0.1) is 0 Å². The predicted octanol–water partition coefficient (Wildman–Crippen LogP) is 3.30. The van der Waals surface area contributed by atoms with Crippen LogP contribution in [0.2, 0.25) is 5.15 Å². The van der Waals surface area contributed by atoms with E-state index in [4.69, 9.17) is 11.6 Å². The molecule has 0 radical (unpaired) electrons. The van der Waals surface area contributed by atoms with E-state index in [9.17, 15) is 0 Å². The number of halogens is 1. The van der Waals surface area contributed by atoms with Gasteiger partial charge in [0.2, 0.25) is 0 Å². The molecule has 0 spiro atoms. The lowest BCUT2D eigenvalue weighted by atomic mass is 9.98. The SMILES string of the molecule is CCCN(c1nc(Cl)cs1)C1CC2CCC(C1)N2. The highest BCUT2D eigenvalue weighted by Crippen LogP contribution is 2.34. The van der Waals surface area contributed by atoms with Gasteiger partial charge in [0.25, 0.3) is 0 Å². The lowest BCUT2D eigenvalue weighted by molar-refractivity contribution is 0.346. The van der Waals surface area contributed by atoms with Gasteiger partial charge in [0.05, 0.1) is 0 Å². The Bertz CT molecular complexity index is 397. The molecule has 2 aliphatic heterocycles. The van der Waals surface area contributed by atoms with E-state index in [-0.39, 0.29) is 0 Å². The van der Waals surface area contributed by atoms with Crippen molar-refractivity contribution in [1.82, 2.24) is 10.3 Å². The highest BCUT2D eigenvalue weighted by Gasteiger charge is 2.36. The Morgan fingerprint density at radius 1 is 1.44 bits per heavy atom. The third-order valence-electron chi connectivity index (χ3n) is 4.06. The molecule has 2 saturated heterocycles. The largest absolute Gasteiger partial charge is 0.345 e. The topological polar surface area (TPSA) is 28.2 Å². The molecular weight excluding hydrogens is 266 g/mol. The number of fused-ring (bicyclic) bond motifs is 2. The second-order valence-corrected chi connectivity index (χ2v) is 6.63. The lowest BCUT2D eigenvalue weighted by Crippen LogP contribution is -2.48. The fourth-order valence-corrected chi connectivity index (χ4v) is 4.38. The first-order chi connectivity index (χ1) is 8.76. The first-order valence-corrected chi connectivity index (χ1v) is 8.15. The summed E-state index contributed by atoms with van der Waals surface area (Å²) in [6.45, 7) is 3.33. The molecule has 3 nitrogen and oxygen atoms in total. The molecule has 1 N–H and O–H groups in total. The summed E-state index contributed by atoms with van der Waals surface area (Å²) < 4.78 is 0. The molecule has 2 atom stereocenters. The van der Waals surface area contributed by atoms with Gasteiger partial charge >= 0.3 is 0 Å². The van der Waals surface area contributed by atoms with Crippen molar-refractivity contribution in [3.63, 3.8) is 0 Å². The van der Waals surface area contributed by atoms with Gasteiger partial charge in [-0.1, -0.05) is 18.5 Å². The van der Waals surface area contributed by atoms with Crippen LogP contribution in [-0.4, -0.2) is 29.7 Å². The second-order valence-electron chi connectivity index (χ2n) is 5.41. The second kappa shape index (κ2) is 5.35. The molecule has 18 heavy (non-hydrogen) atoms. The van der Waals surface area contributed by atoms with Gasteiger partial charge in [0.15, 0.2) is 5.13 Å². The molecular formula is C13H20ClN3S. The van der Waals surface area contributed by atoms with E-state index in [1.54, 1.807) is 11.3 Å². The van der Waals surface area contributed by atoms with Crippen LogP contribution in [0.15, 0.2) is 5.38 Å². The standard InChI is InChI=1S/C13H20ClN3S/c1-2-5-17(13-16-12(14)8-18-13)11-6-9-3-4-10(7-11)15-9/h8-11,15H,2-7H2,1H3. The first-order valence-electron chi connectivity index (χ1n) is 6.90. The van der Waals surface area contributed by atoms with Crippen molar-refractivity contribution >= 4 is 28.1 Å². The number of nitrogens with one attached hydrogen (secondary N) is 1. The van der Waals surface area contributed by atoms with Crippen molar-refractivity contribution in [2.45, 2.75) is 57.2 Å². The van der Waals surface area contributed by atoms with Crippen molar-refractivity contribution < 1.29 is 0 Å². The fraction of sp³-hybridized carbons (Fsp3) is 0.769. The molecule has 5 heteroatoms. The summed E-state index contributed by atoms with van der Waals surface area (Å²) in [5.74, 6) is 0. The van der Waals surface area contributed by atoms with Gasteiger partial charge < -0.3 is 10.2 Å². The summed E-state index contributed by atoms with van der Waals surface area (Å²) in [6, 6.07) is 2.10. The highest BCUT2D eigenvalue weighted by atomic mass is 35.5. The Morgan fingerprint density at radius 3 is 2.72 bits per heavy atom. The van der Waals surface area contributed by atoms with Gasteiger partial charge in [-0.2, -0.15) is 0 Å². The normalized spacial score (nSPS) is 30.7. The van der Waals surface area contributed by atoms with E-state index in [2.05, 4.69) is 22.1 Å². The third kappa shape index (κ3) is 2.51. The van der Waals surface area contributed by atoms with Crippen LogP contribution >= 0.6 is 22.9 Å². The van der Waals surface area contributed by atoms with Gasteiger partial charge in [0, 0.05) is 30.1 Å². The van der Waals surface area contributed by atoms with Crippen molar-refractivity contribution in [1.29, 1.82) is 0 Å². The van der Waals surface area contributed by atoms with Crippen molar-refractivity contribution in [2.75, 3.05) is 11.4 Å². The molecule has 0 aliphatic carbocycles. The molecule has 2 bridgehead atoms. The Balaban J connectivity index is 1.77. The number of hydrogen-bond donors (Lipinski definition) is 1. The number of aromatic nitrogens is 1. The summed E-state index contributed by atoms with van der Waals surface area (Å²) in [5.41, 5.74) is 0. The zero-order valence-electron chi connectivity index (χ0n) is 10.7. The average Bonchev–Trinajstić information content (AvgIpc) is 2.92. The van der Waals surface area contributed by atoms with Crippen LogP contribution in [-0.2, 0) is 0 Å². The molecule has 3 heterocycles. The summed E-state index contributed by atoms with van der Waals surface area (Å²) in [6.07, 6.45) is 6.37. The molecule has 2 aliphatic rings. The van der Waals surface area contributed by atoms with Crippen molar-refractivity contribution in [3.8, 4) is 0 Å². The zero-order chi connectivity index (χ0) is 12.5. The summed E-state index contributed by atoms with van der Waals surface area (Å²) in [5, 5.41) is 7.38. The minimum absolute atomic E-state index is 0.632. The Labute approximate surface area is 118 Å². The fourth-order valence-electron chi connectivity index (χ4n) is 3.33. The molecule has 100 valence electrons. The number of hydrogen-bond acceptors (Lipinski definition) is 4. The molecule has 1 aromatic heterocycles. The number of anilines is 1. The minimum atomic E-state index is 0.632. The number of rotatable bonds is 4. The number of nitrogens with zero attached hydrogens (tertiary/aromatic N) is 2. The summed E-state index contributed by atoms with van der Waals surface area (Å²) in [7, 11) is 0. The van der Waals surface area contributed by atoms with E-state index in [0.717, 1.165) is 30.2 Å². The van der Waals surface area contributed by atoms with Crippen molar-refractivity contribution in [2.24, 2.45) is 0 Å². The smallest absolute Gasteiger partial charge is 0.186 e. The molecule has 3 rings (SSSR count). The Hall–Kier alpha value is -0.320. The van der Waals surface area contributed by atoms with Gasteiger partial charge in [0.1, 0.15) is 5.15 Å². The predicted molar refractivity (Wildman–Crippen MR) is 77.7 cm³/mol. The zero-order valence-corrected chi connectivity index (χ0v) is 12.3. The van der Waals surface area contributed by atoms with Crippen LogP contribution in [0.25, 0.3) is 0 Å². The average molecular weight is 286 g/mol. The Morgan fingerprint density at radius 2 is 2.17 bits per heavy atom. The highest BCUT2D eigenvalue weighted by molar-refractivity contribution is 7.14. The van der Waals surface area contributed by atoms with Gasteiger partial charge in [-0.3, -0.25) is 0 Å². The number of piperidine rings is 1. The molecule has 0 saturated carbocycles. The quantitative estimate of drug-likeness (QED) is 0.920. The van der Waals surface area contributed by atoms with E-state index in [1.807, 2.05) is 5.38 Å². The monoisotopic (exact) mass is 285 g/mol. The molecule has 0 aromatic carbocycles. The maximum absolute atomic E-state index is 5.97. The molecule has 1 aromatic rings.